The van der Waals surface area contributed by atoms with Crippen molar-refractivity contribution in [2.24, 2.45) is 5.73 Å². The minimum Gasteiger partial charge on any atom is -0.330 e. The normalized spacial score (nSPS) is 20.2. The van der Waals surface area contributed by atoms with Gasteiger partial charge in [-0.2, -0.15) is 11.3 Å². The van der Waals surface area contributed by atoms with Crippen LogP contribution in [0.1, 0.15) is 24.0 Å². The summed E-state index contributed by atoms with van der Waals surface area (Å²) in [6.07, 6.45) is 2.59. The van der Waals surface area contributed by atoms with Crippen molar-refractivity contribution < 1.29 is 0 Å². The Balaban J connectivity index is 2.35. The highest BCUT2D eigenvalue weighted by molar-refractivity contribution is 7.08. The molecule has 0 amide bonds. The molecule has 0 aromatic carbocycles. The van der Waals surface area contributed by atoms with Crippen molar-refractivity contribution in [1.29, 1.82) is 0 Å². The summed E-state index contributed by atoms with van der Waals surface area (Å²) >= 11 is 1.79. The third-order valence-electron chi connectivity index (χ3n) is 2.67. The van der Waals surface area contributed by atoms with Gasteiger partial charge in [0.1, 0.15) is 0 Å². The van der Waals surface area contributed by atoms with E-state index in [9.17, 15) is 0 Å². The molecule has 2 heteroatoms. The lowest BCUT2D eigenvalue weighted by molar-refractivity contribution is 0.703. The summed E-state index contributed by atoms with van der Waals surface area (Å²) in [6, 6.07) is 0. The second-order valence-corrected chi connectivity index (χ2v) is 4.20. The van der Waals surface area contributed by atoms with Gasteiger partial charge in [0.15, 0.2) is 0 Å². The molecule has 1 fully saturated rings. The molecule has 11 heavy (non-hydrogen) atoms. The predicted molar refractivity (Wildman–Crippen MR) is 49.0 cm³/mol. The van der Waals surface area contributed by atoms with Gasteiger partial charge in [0.25, 0.3) is 0 Å². The first-order valence-corrected chi connectivity index (χ1v) is 4.96. The van der Waals surface area contributed by atoms with Crippen molar-refractivity contribution in [1.82, 2.24) is 0 Å². The minimum atomic E-state index is 0.393. The maximum atomic E-state index is 5.73. The number of aryl methyl sites for hydroxylation is 1. The Labute approximate surface area is 71.2 Å². The molecule has 2 N–H and O–H groups in total. The molecule has 1 nitrogen and oxygen atoms in total. The maximum Gasteiger partial charge on any atom is 0.00870 e. The maximum absolute atomic E-state index is 5.73. The van der Waals surface area contributed by atoms with Gasteiger partial charge in [0.05, 0.1) is 0 Å². The van der Waals surface area contributed by atoms with Crippen molar-refractivity contribution >= 4 is 11.3 Å². The lowest BCUT2D eigenvalue weighted by atomic mass is 9.96. The quantitative estimate of drug-likeness (QED) is 0.716. The largest absolute Gasteiger partial charge is 0.330 e. The van der Waals surface area contributed by atoms with Gasteiger partial charge < -0.3 is 5.73 Å². The van der Waals surface area contributed by atoms with E-state index in [1.54, 1.807) is 11.3 Å². The topological polar surface area (TPSA) is 26.0 Å². The van der Waals surface area contributed by atoms with Crippen LogP contribution < -0.4 is 5.73 Å². The van der Waals surface area contributed by atoms with E-state index in [4.69, 9.17) is 5.73 Å². The monoisotopic (exact) mass is 167 g/mol. The van der Waals surface area contributed by atoms with E-state index in [0.29, 0.717) is 5.41 Å². The van der Waals surface area contributed by atoms with Crippen LogP contribution in [0, 0.1) is 6.92 Å². The van der Waals surface area contributed by atoms with Crippen LogP contribution in [-0.2, 0) is 5.41 Å². The number of hydrogen-bond donors (Lipinski definition) is 1. The van der Waals surface area contributed by atoms with E-state index in [1.807, 2.05) is 0 Å². The molecule has 0 radical (unpaired) electrons. The molecule has 0 aliphatic heterocycles. The number of nitrogens with two attached hydrogens (primary N) is 1. The summed E-state index contributed by atoms with van der Waals surface area (Å²) in [5, 5.41) is 4.47. The summed E-state index contributed by atoms with van der Waals surface area (Å²) in [4.78, 5) is 0. The summed E-state index contributed by atoms with van der Waals surface area (Å²) in [6.45, 7) is 3.01. The van der Waals surface area contributed by atoms with Crippen LogP contribution in [0.25, 0.3) is 0 Å². The third kappa shape index (κ3) is 1.01. The SMILES string of the molecule is Cc1cscc1C1(CN)CC1. The Hall–Kier alpha value is -0.340. The fraction of sp³-hybridized carbons (Fsp3) is 0.556. The smallest absolute Gasteiger partial charge is 0.00870 e. The molecule has 1 heterocycles. The van der Waals surface area contributed by atoms with Gasteiger partial charge >= 0.3 is 0 Å². The molecule has 1 saturated carbocycles. The highest BCUT2D eigenvalue weighted by Crippen LogP contribution is 2.49. The van der Waals surface area contributed by atoms with Gasteiger partial charge in [0, 0.05) is 12.0 Å². The van der Waals surface area contributed by atoms with Crippen LogP contribution in [-0.4, -0.2) is 6.54 Å². The second-order valence-electron chi connectivity index (χ2n) is 3.45. The standard InChI is InChI=1S/C9H13NS/c1-7-4-11-5-8(7)9(6-10)2-3-9/h4-5H,2-3,6,10H2,1H3. The van der Waals surface area contributed by atoms with Crippen LogP contribution in [0.5, 0.6) is 0 Å². The summed E-state index contributed by atoms with van der Waals surface area (Å²) < 4.78 is 0. The van der Waals surface area contributed by atoms with Crippen LogP contribution in [0.2, 0.25) is 0 Å². The Kier molecular flexibility index (Phi) is 1.55. The van der Waals surface area contributed by atoms with E-state index in [2.05, 4.69) is 17.7 Å². The first kappa shape index (κ1) is 7.32. The first-order valence-electron chi connectivity index (χ1n) is 4.02. The molecule has 1 aliphatic carbocycles. The van der Waals surface area contributed by atoms with Crippen molar-refractivity contribution in [2.75, 3.05) is 6.54 Å². The zero-order chi connectivity index (χ0) is 7.90. The zero-order valence-corrected chi connectivity index (χ0v) is 7.58. The summed E-state index contributed by atoms with van der Waals surface area (Å²) in [7, 11) is 0. The summed E-state index contributed by atoms with van der Waals surface area (Å²) in [5.74, 6) is 0. The number of rotatable bonds is 2. The van der Waals surface area contributed by atoms with Crippen LogP contribution >= 0.6 is 11.3 Å². The second kappa shape index (κ2) is 2.32. The van der Waals surface area contributed by atoms with Gasteiger partial charge in [-0.25, -0.2) is 0 Å². The Bertz CT molecular complexity index is 260. The average Bonchev–Trinajstić information content (AvgIpc) is 2.70. The van der Waals surface area contributed by atoms with Gasteiger partial charge in [-0.15, -0.1) is 0 Å². The lowest BCUT2D eigenvalue weighted by Crippen LogP contribution is -2.19. The fourth-order valence-electron chi connectivity index (χ4n) is 1.64. The van der Waals surface area contributed by atoms with E-state index >= 15 is 0 Å². The first-order chi connectivity index (χ1) is 5.28. The van der Waals surface area contributed by atoms with Gasteiger partial charge in [-0.3, -0.25) is 0 Å². The van der Waals surface area contributed by atoms with Crippen LogP contribution in [0.4, 0.5) is 0 Å². The molecular formula is C9H13NS. The molecule has 1 aliphatic rings. The molecule has 0 unspecified atom stereocenters. The highest BCUT2D eigenvalue weighted by atomic mass is 32.1. The Morgan fingerprint density at radius 1 is 1.55 bits per heavy atom. The van der Waals surface area contributed by atoms with Crippen molar-refractivity contribution in [3.05, 3.63) is 21.9 Å². The van der Waals surface area contributed by atoms with Crippen molar-refractivity contribution in [2.45, 2.75) is 25.2 Å². The molecule has 1 aromatic rings. The summed E-state index contributed by atoms with van der Waals surface area (Å²) in [5.41, 5.74) is 9.06. The number of thiophene rings is 1. The molecule has 0 saturated heterocycles. The van der Waals surface area contributed by atoms with Gasteiger partial charge in [-0.05, 0) is 41.7 Å². The van der Waals surface area contributed by atoms with Gasteiger partial charge in [-0.1, -0.05) is 0 Å². The van der Waals surface area contributed by atoms with Gasteiger partial charge in [0.2, 0.25) is 0 Å². The third-order valence-corrected chi connectivity index (χ3v) is 3.53. The predicted octanol–water partition coefficient (Wildman–Crippen LogP) is 2.05. The van der Waals surface area contributed by atoms with E-state index < -0.39 is 0 Å². The molecular weight excluding hydrogens is 154 g/mol. The molecule has 0 atom stereocenters. The van der Waals surface area contributed by atoms with Crippen molar-refractivity contribution in [3.63, 3.8) is 0 Å². The average molecular weight is 167 g/mol. The molecule has 2 rings (SSSR count). The Morgan fingerprint density at radius 2 is 2.27 bits per heavy atom. The zero-order valence-electron chi connectivity index (χ0n) is 6.76. The van der Waals surface area contributed by atoms with Crippen LogP contribution in [0.3, 0.4) is 0 Å². The molecule has 1 aromatic heterocycles. The van der Waals surface area contributed by atoms with E-state index in [-0.39, 0.29) is 0 Å². The number of hydrogen-bond acceptors (Lipinski definition) is 2. The van der Waals surface area contributed by atoms with Crippen LogP contribution in [0.15, 0.2) is 10.8 Å². The van der Waals surface area contributed by atoms with Crippen molar-refractivity contribution in [3.8, 4) is 0 Å². The Morgan fingerprint density at radius 3 is 2.64 bits per heavy atom. The highest BCUT2D eigenvalue weighted by Gasteiger charge is 2.43. The van der Waals surface area contributed by atoms with E-state index in [1.165, 1.54) is 24.0 Å². The van der Waals surface area contributed by atoms with E-state index in [0.717, 1.165) is 6.54 Å². The molecule has 0 spiro atoms. The molecule has 60 valence electrons. The lowest BCUT2D eigenvalue weighted by Gasteiger charge is -2.11. The fourth-order valence-corrected chi connectivity index (χ4v) is 2.61. The minimum absolute atomic E-state index is 0.393. The molecule has 0 bridgehead atoms.